The highest BCUT2D eigenvalue weighted by Gasteiger charge is 2.36. The minimum Gasteiger partial charge on any atom is -0.321 e. The molecular formula is C24H16N2O3S. The fourth-order valence-electron chi connectivity index (χ4n) is 3.73. The Hall–Kier alpha value is -3.77. The summed E-state index contributed by atoms with van der Waals surface area (Å²) in [7, 11) is 0. The number of thiophene rings is 1. The molecule has 3 aromatic carbocycles. The van der Waals surface area contributed by atoms with Gasteiger partial charge in [-0.15, -0.1) is 11.3 Å². The summed E-state index contributed by atoms with van der Waals surface area (Å²) in [4.78, 5) is 40.1. The van der Waals surface area contributed by atoms with Gasteiger partial charge in [-0.25, -0.2) is 4.90 Å². The number of rotatable bonds is 3. The molecule has 5 nitrogen and oxygen atoms in total. The third-order valence-corrected chi connectivity index (χ3v) is 6.48. The predicted molar refractivity (Wildman–Crippen MR) is 119 cm³/mol. The number of carbonyl (C=O) groups is 3. The van der Waals surface area contributed by atoms with Gasteiger partial charge in [0.15, 0.2) is 0 Å². The molecule has 0 saturated carbocycles. The Bertz CT molecular complexity index is 1320. The van der Waals surface area contributed by atoms with Gasteiger partial charge in [0.2, 0.25) is 0 Å². The van der Waals surface area contributed by atoms with Gasteiger partial charge in [-0.05, 0) is 54.3 Å². The number of hydrogen-bond donors (Lipinski definition) is 1. The highest BCUT2D eigenvalue weighted by atomic mass is 32.1. The van der Waals surface area contributed by atoms with Gasteiger partial charge < -0.3 is 5.32 Å². The first-order valence-corrected chi connectivity index (χ1v) is 10.2. The number of nitrogens with zero attached hydrogens (tertiary/aromatic N) is 1. The Labute approximate surface area is 176 Å². The maximum atomic E-state index is 12.9. The first-order chi connectivity index (χ1) is 14.5. The number of imide groups is 1. The zero-order chi connectivity index (χ0) is 20.8. The molecule has 1 aliphatic rings. The van der Waals surface area contributed by atoms with Gasteiger partial charge in [-0.2, -0.15) is 0 Å². The second kappa shape index (κ2) is 6.93. The molecule has 1 aromatic heterocycles. The van der Waals surface area contributed by atoms with Crippen LogP contribution in [0.2, 0.25) is 0 Å². The van der Waals surface area contributed by atoms with E-state index < -0.39 is 0 Å². The Morgan fingerprint density at radius 1 is 0.867 bits per heavy atom. The molecule has 30 heavy (non-hydrogen) atoms. The number of fused-ring (bicyclic) bond motifs is 2. The molecule has 1 aliphatic heterocycles. The molecule has 146 valence electrons. The molecule has 4 aromatic rings. The Morgan fingerprint density at radius 2 is 1.53 bits per heavy atom. The van der Waals surface area contributed by atoms with E-state index in [4.69, 9.17) is 0 Å². The summed E-state index contributed by atoms with van der Waals surface area (Å²) in [6, 6.07) is 21.4. The van der Waals surface area contributed by atoms with Crippen LogP contribution in [0.3, 0.4) is 0 Å². The number of hydrogen-bond acceptors (Lipinski definition) is 4. The van der Waals surface area contributed by atoms with Crippen molar-refractivity contribution in [1.29, 1.82) is 0 Å². The molecule has 0 bridgehead atoms. The first kappa shape index (κ1) is 18.3. The van der Waals surface area contributed by atoms with Crippen molar-refractivity contribution in [1.82, 2.24) is 0 Å². The van der Waals surface area contributed by atoms with E-state index in [1.807, 2.05) is 31.2 Å². The Balaban J connectivity index is 1.44. The number of aryl methyl sites for hydroxylation is 1. The van der Waals surface area contributed by atoms with Crippen molar-refractivity contribution in [2.75, 3.05) is 10.2 Å². The number of anilines is 2. The fraction of sp³-hybridized carbons (Fsp3) is 0.0417. The van der Waals surface area contributed by atoms with E-state index in [2.05, 4.69) is 5.32 Å². The minimum absolute atomic E-state index is 0.215. The average molecular weight is 412 g/mol. The van der Waals surface area contributed by atoms with Crippen molar-refractivity contribution < 1.29 is 14.4 Å². The highest BCUT2D eigenvalue weighted by Crippen LogP contribution is 2.32. The molecule has 0 aliphatic carbocycles. The van der Waals surface area contributed by atoms with Crippen LogP contribution in [0.15, 0.2) is 72.8 Å². The lowest BCUT2D eigenvalue weighted by atomic mass is 10.1. The van der Waals surface area contributed by atoms with Gasteiger partial charge >= 0.3 is 0 Å². The summed E-state index contributed by atoms with van der Waals surface area (Å²) < 4.78 is 1.06. The van der Waals surface area contributed by atoms with Crippen LogP contribution in [0.5, 0.6) is 0 Å². The molecule has 0 unspecified atom stereocenters. The van der Waals surface area contributed by atoms with Crippen LogP contribution < -0.4 is 10.2 Å². The topological polar surface area (TPSA) is 66.5 Å². The van der Waals surface area contributed by atoms with E-state index in [1.165, 1.54) is 11.3 Å². The van der Waals surface area contributed by atoms with Crippen LogP contribution in [0, 0.1) is 6.92 Å². The molecule has 5 rings (SSSR count). The summed E-state index contributed by atoms with van der Waals surface area (Å²) in [5.74, 6) is -0.938. The van der Waals surface area contributed by atoms with E-state index >= 15 is 0 Å². The molecule has 0 atom stereocenters. The van der Waals surface area contributed by atoms with Crippen LogP contribution in [0.4, 0.5) is 11.4 Å². The molecule has 0 spiro atoms. The molecule has 6 heteroatoms. The average Bonchev–Trinajstić information content (AvgIpc) is 3.23. The summed E-state index contributed by atoms with van der Waals surface area (Å²) in [5.41, 5.74) is 2.65. The van der Waals surface area contributed by atoms with Crippen LogP contribution in [0.1, 0.15) is 36.0 Å². The van der Waals surface area contributed by atoms with Crippen LogP contribution in [0.25, 0.3) is 10.1 Å². The Morgan fingerprint density at radius 3 is 2.23 bits per heavy atom. The number of nitrogens with one attached hydrogen (secondary N) is 1. The number of carbonyl (C=O) groups excluding carboxylic acids is 3. The van der Waals surface area contributed by atoms with Crippen molar-refractivity contribution in [3.05, 3.63) is 94.4 Å². The van der Waals surface area contributed by atoms with Crippen molar-refractivity contribution in [2.24, 2.45) is 0 Å². The van der Waals surface area contributed by atoms with Crippen LogP contribution >= 0.6 is 11.3 Å². The smallest absolute Gasteiger partial charge is 0.266 e. The molecule has 0 saturated heterocycles. The zero-order valence-electron chi connectivity index (χ0n) is 16.0. The highest BCUT2D eigenvalue weighted by molar-refractivity contribution is 7.21. The maximum absolute atomic E-state index is 12.9. The lowest BCUT2D eigenvalue weighted by Gasteiger charge is -2.15. The van der Waals surface area contributed by atoms with E-state index in [-0.39, 0.29) is 17.7 Å². The van der Waals surface area contributed by atoms with Gasteiger partial charge in [0.1, 0.15) is 0 Å². The molecule has 2 heterocycles. The monoisotopic (exact) mass is 412 g/mol. The van der Waals surface area contributed by atoms with Gasteiger partial charge in [0.05, 0.1) is 21.7 Å². The second-order valence-electron chi connectivity index (χ2n) is 7.05. The van der Waals surface area contributed by atoms with Crippen molar-refractivity contribution in [3.8, 4) is 0 Å². The quantitative estimate of drug-likeness (QED) is 0.467. The van der Waals surface area contributed by atoms with Gasteiger partial charge in [-0.1, -0.05) is 36.4 Å². The van der Waals surface area contributed by atoms with E-state index in [1.54, 1.807) is 48.5 Å². The molecule has 1 N–H and O–H groups in total. The summed E-state index contributed by atoms with van der Waals surface area (Å²) in [6.07, 6.45) is 0. The second-order valence-corrected chi connectivity index (χ2v) is 8.10. The third kappa shape index (κ3) is 2.81. The predicted octanol–water partition coefficient (Wildman–Crippen LogP) is 5.26. The van der Waals surface area contributed by atoms with Crippen LogP contribution in [-0.4, -0.2) is 17.7 Å². The van der Waals surface area contributed by atoms with Gasteiger partial charge in [-0.3, -0.25) is 14.4 Å². The fourth-order valence-corrected chi connectivity index (χ4v) is 4.83. The number of amides is 3. The SMILES string of the molecule is Cc1c(C(=O)Nc2cccc(N3C(=O)c4ccccc4C3=O)c2)sc2ccccc12. The maximum Gasteiger partial charge on any atom is 0.266 e. The van der Waals surface area contributed by atoms with E-state index in [9.17, 15) is 14.4 Å². The zero-order valence-corrected chi connectivity index (χ0v) is 16.8. The largest absolute Gasteiger partial charge is 0.321 e. The van der Waals surface area contributed by atoms with Crippen molar-refractivity contribution in [3.63, 3.8) is 0 Å². The molecular weight excluding hydrogens is 396 g/mol. The lowest BCUT2D eigenvalue weighted by molar-refractivity contribution is 0.0925. The van der Waals surface area contributed by atoms with Crippen molar-refractivity contribution >= 4 is 50.5 Å². The number of benzene rings is 3. The lowest BCUT2D eigenvalue weighted by Crippen LogP contribution is -2.29. The first-order valence-electron chi connectivity index (χ1n) is 9.42. The van der Waals surface area contributed by atoms with Gasteiger partial charge in [0, 0.05) is 10.4 Å². The molecule has 3 amide bonds. The third-order valence-electron chi connectivity index (χ3n) is 5.21. The van der Waals surface area contributed by atoms with E-state index in [0.717, 1.165) is 20.5 Å². The van der Waals surface area contributed by atoms with Gasteiger partial charge in [0.25, 0.3) is 17.7 Å². The summed E-state index contributed by atoms with van der Waals surface area (Å²) in [5, 5.41) is 3.96. The standard InChI is InChI=1S/C24H16N2O3S/c1-14-17-9-4-5-12-20(17)30-21(14)22(27)25-15-7-6-8-16(13-15)26-23(28)18-10-2-3-11-19(18)24(26)29/h2-13H,1H3,(H,25,27). The normalized spacial score (nSPS) is 13.0. The molecule has 0 radical (unpaired) electrons. The minimum atomic E-state index is -0.362. The van der Waals surface area contributed by atoms with Crippen molar-refractivity contribution in [2.45, 2.75) is 6.92 Å². The Kier molecular flexibility index (Phi) is 4.22. The van der Waals surface area contributed by atoms with E-state index in [0.29, 0.717) is 27.4 Å². The summed E-state index contributed by atoms with van der Waals surface area (Å²) >= 11 is 1.44. The molecule has 0 fully saturated rings. The summed E-state index contributed by atoms with van der Waals surface area (Å²) in [6.45, 7) is 1.93. The van der Waals surface area contributed by atoms with Crippen LogP contribution in [-0.2, 0) is 0 Å².